The number of amides is 5. The van der Waals surface area contributed by atoms with Crippen molar-refractivity contribution in [3.63, 3.8) is 0 Å². The molecule has 0 spiro atoms. The molecule has 2 aromatic rings. The van der Waals surface area contributed by atoms with Gasteiger partial charge in [0.1, 0.15) is 11.9 Å². The van der Waals surface area contributed by atoms with Crippen molar-refractivity contribution < 1.29 is 24.0 Å². The van der Waals surface area contributed by atoms with Gasteiger partial charge in [-0.15, -0.1) is 0 Å². The van der Waals surface area contributed by atoms with Gasteiger partial charge in [-0.2, -0.15) is 0 Å². The molecule has 5 rings (SSSR count). The molecule has 4 N–H and O–H groups in total. The molecule has 0 saturated carbocycles. The number of carbonyl (C=O) groups is 5. The van der Waals surface area contributed by atoms with E-state index in [0.29, 0.717) is 17.9 Å². The topological polar surface area (TPSA) is 158 Å². The second-order valence-electron chi connectivity index (χ2n) is 8.88. The molecule has 2 saturated heterocycles. The van der Waals surface area contributed by atoms with Crippen molar-refractivity contribution in [2.45, 2.75) is 18.9 Å². The molecule has 3 aliphatic rings. The second kappa shape index (κ2) is 9.38. The van der Waals surface area contributed by atoms with E-state index in [4.69, 9.17) is 5.73 Å². The van der Waals surface area contributed by atoms with Crippen LogP contribution in [0.15, 0.2) is 36.5 Å². The van der Waals surface area contributed by atoms with E-state index in [1.165, 1.54) is 6.20 Å². The van der Waals surface area contributed by atoms with Crippen molar-refractivity contribution in [3.05, 3.63) is 53.2 Å². The van der Waals surface area contributed by atoms with Gasteiger partial charge in [0.15, 0.2) is 0 Å². The SMILES string of the molecule is NC(=O)c1ccc(N2CCN(CNc3cccc4c3C(=O)N([C@@H]3CCC(=O)NC3=O)C4=O)CC2)nc1. The summed E-state index contributed by atoms with van der Waals surface area (Å²) in [6.07, 6.45) is 1.66. The minimum Gasteiger partial charge on any atom is -0.372 e. The molecule has 12 heteroatoms. The van der Waals surface area contributed by atoms with Crippen LogP contribution in [-0.2, 0) is 9.59 Å². The number of hydrogen-bond donors (Lipinski definition) is 3. The largest absolute Gasteiger partial charge is 0.372 e. The van der Waals surface area contributed by atoms with E-state index in [-0.39, 0.29) is 24.0 Å². The third kappa shape index (κ3) is 4.26. The van der Waals surface area contributed by atoms with Gasteiger partial charge in [-0.3, -0.25) is 39.1 Å². The predicted molar refractivity (Wildman–Crippen MR) is 128 cm³/mol. The normalized spacial score (nSPS) is 20.4. The number of rotatable bonds is 6. The van der Waals surface area contributed by atoms with Gasteiger partial charge in [0.2, 0.25) is 17.7 Å². The highest BCUT2D eigenvalue weighted by molar-refractivity contribution is 6.25. The molecule has 3 aliphatic heterocycles. The lowest BCUT2D eigenvalue weighted by molar-refractivity contribution is -0.136. The Labute approximate surface area is 206 Å². The summed E-state index contributed by atoms with van der Waals surface area (Å²) >= 11 is 0. The molecular weight excluding hydrogens is 466 g/mol. The molecule has 1 aromatic carbocycles. The van der Waals surface area contributed by atoms with Crippen molar-refractivity contribution in [2.24, 2.45) is 5.73 Å². The zero-order valence-electron chi connectivity index (χ0n) is 19.4. The fourth-order valence-electron chi connectivity index (χ4n) is 4.71. The fourth-order valence-corrected chi connectivity index (χ4v) is 4.71. The molecule has 0 aliphatic carbocycles. The van der Waals surface area contributed by atoms with Crippen molar-refractivity contribution in [3.8, 4) is 0 Å². The molecule has 12 nitrogen and oxygen atoms in total. The standard InChI is InChI=1S/C24H25N7O5/c25-21(33)14-4-6-18(26-12-14)30-10-8-29(9-11-30)13-27-16-3-1-2-15-20(16)24(36)31(23(15)35)17-5-7-19(32)28-22(17)34/h1-4,6,12,17,27H,5,7-11,13H2,(H2,25,33)(H,28,32,34)/t17-/m1/s1. The molecule has 186 valence electrons. The van der Waals surface area contributed by atoms with E-state index >= 15 is 0 Å². The lowest BCUT2D eigenvalue weighted by Crippen LogP contribution is -2.54. The van der Waals surface area contributed by atoms with Gasteiger partial charge < -0.3 is 16.0 Å². The Balaban J connectivity index is 1.22. The van der Waals surface area contributed by atoms with Crippen molar-refractivity contribution in [1.82, 2.24) is 20.1 Å². The number of piperidine rings is 1. The number of nitrogens with one attached hydrogen (secondary N) is 2. The quantitative estimate of drug-likeness (QED) is 0.464. The number of fused-ring (bicyclic) bond motifs is 1. The number of nitrogens with zero attached hydrogens (tertiary/aromatic N) is 4. The van der Waals surface area contributed by atoms with E-state index in [9.17, 15) is 24.0 Å². The minimum atomic E-state index is -0.998. The smallest absolute Gasteiger partial charge is 0.264 e. The van der Waals surface area contributed by atoms with Gasteiger partial charge in [0, 0.05) is 44.5 Å². The third-order valence-corrected chi connectivity index (χ3v) is 6.69. The Kier molecular flexibility index (Phi) is 6.10. The molecule has 36 heavy (non-hydrogen) atoms. The number of benzene rings is 1. The van der Waals surface area contributed by atoms with Crippen LogP contribution in [0.1, 0.15) is 43.9 Å². The second-order valence-corrected chi connectivity index (χ2v) is 8.88. The average Bonchev–Trinajstić information content (AvgIpc) is 3.13. The van der Waals surface area contributed by atoms with E-state index in [2.05, 4.69) is 25.4 Å². The first-order chi connectivity index (χ1) is 17.3. The zero-order chi connectivity index (χ0) is 25.4. The molecule has 1 aromatic heterocycles. The summed E-state index contributed by atoms with van der Waals surface area (Å²) in [5, 5.41) is 5.47. The Morgan fingerprint density at radius 1 is 1.06 bits per heavy atom. The van der Waals surface area contributed by atoms with Crippen LogP contribution in [0.25, 0.3) is 0 Å². The third-order valence-electron chi connectivity index (χ3n) is 6.69. The van der Waals surface area contributed by atoms with Gasteiger partial charge >= 0.3 is 0 Å². The van der Waals surface area contributed by atoms with Gasteiger partial charge in [0.05, 0.1) is 23.4 Å². The Morgan fingerprint density at radius 3 is 2.50 bits per heavy atom. The number of pyridine rings is 1. The Morgan fingerprint density at radius 2 is 1.83 bits per heavy atom. The van der Waals surface area contributed by atoms with Crippen molar-refractivity contribution in [2.75, 3.05) is 43.1 Å². The van der Waals surface area contributed by atoms with Gasteiger partial charge in [0.25, 0.3) is 11.8 Å². The first kappa shape index (κ1) is 23.4. The van der Waals surface area contributed by atoms with Crippen LogP contribution in [0.3, 0.4) is 0 Å². The molecule has 2 fully saturated rings. The van der Waals surface area contributed by atoms with Gasteiger partial charge in [-0.05, 0) is 30.7 Å². The summed E-state index contributed by atoms with van der Waals surface area (Å²) in [6, 6.07) is 7.44. The number of aromatic nitrogens is 1. The summed E-state index contributed by atoms with van der Waals surface area (Å²) in [6.45, 7) is 3.36. The summed E-state index contributed by atoms with van der Waals surface area (Å²) < 4.78 is 0. The number of primary amides is 1. The maximum atomic E-state index is 13.2. The van der Waals surface area contributed by atoms with Crippen molar-refractivity contribution in [1.29, 1.82) is 0 Å². The molecule has 4 heterocycles. The lowest BCUT2D eigenvalue weighted by atomic mass is 10.0. The first-order valence-corrected chi connectivity index (χ1v) is 11.6. The number of imide groups is 2. The minimum absolute atomic E-state index is 0.0751. The van der Waals surface area contributed by atoms with Crippen LogP contribution >= 0.6 is 0 Å². The monoisotopic (exact) mass is 491 g/mol. The van der Waals surface area contributed by atoms with Crippen LogP contribution in [0.4, 0.5) is 11.5 Å². The summed E-state index contributed by atoms with van der Waals surface area (Å²) in [5.41, 5.74) is 6.63. The van der Waals surface area contributed by atoms with Crippen LogP contribution in [0.5, 0.6) is 0 Å². The summed E-state index contributed by atoms with van der Waals surface area (Å²) in [5.74, 6) is -1.86. The maximum Gasteiger partial charge on any atom is 0.264 e. The number of piperazine rings is 1. The molecule has 0 unspecified atom stereocenters. The van der Waals surface area contributed by atoms with Gasteiger partial charge in [-0.1, -0.05) is 6.07 Å². The molecule has 5 amide bonds. The molecule has 0 radical (unpaired) electrons. The number of nitrogens with two attached hydrogens (primary N) is 1. The Hall–Kier alpha value is -4.32. The number of anilines is 2. The van der Waals surface area contributed by atoms with Crippen LogP contribution < -0.4 is 21.3 Å². The lowest BCUT2D eigenvalue weighted by Gasteiger charge is -2.35. The van der Waals surface area contributed by atoms with Crippen LogP contribution in [0.2, 0.25) is 0 Å². The number of carbonyl (C=O) groups excluding carboxylic acids is 5. The van der Waals surface area contributed by atoms with E-state index in [1.807, 2.05) is 0 Å². The van der Waals surface area contributed by atoms with E-state index in [1.54, 1.807) is 30.3 Å². The zero-order valence-corrected chi connectivity index (χ0v) is 19.4. The van der Waals surface area contributed by atoms with E-state index in [0.717, 1.165) is 36.9 Å². The molecule has 0 bridgehead atoms. The number of hydrogen-bond acceptors (Lipinski definition) is 9. The Bertz CT molecular complexity index is 1250. The highest BCUT2D eigenvalue weighted by Crippen LogP contribution is 2.32. The average molecular weight is 492 g/mol. The summed E-state index contributed by atoms with van der Waals surface area (Å²) in [7, 11) is 0. The summed E-state index contributed by atoms with van der Waals surface area (Å²) in [4.78, 5) is 70.8. The first-order valence-electron chi connectivity index (χ1n) is 11.6. The molecule has 1 atom stereocenters. The highest BCUT2D eigenvalue weighted by Gasteiger charge is 2.45. The van der Waals surface area contributed by atoms with Gasteiger partial charge in [-0.25, -0.2) is 4.98 Å². The highest BCUT2D eigenvalue weighted by atomic mass is 16.2. The molecular formula is C24H25N7O5. The van der Waals surface area contributed by atoms with Crippen molar-refractivity contribution >= 4 is 41.0 Å². The van der Waals surface area contributed by atoms with E-state index < -0.39 is 35.6 Å². The van der Waals surface area contributed by atoms with Crippen LogP contribution in [0, 0.1) is 0 Å². The predicted octanol–water partition coefficient (Wildman–Crippen LogP) is -0.227. The maximum absolute atomic E-state index is 13.2. The fraction of sp³-hybridized carbons (Fsp3) is 0.333. The van der Waals surface area contributed by atoms with Crippen LogP contribution in [-0.4, -0.2) is 83.2 Å².